The quantitative estimate of drug-likeness (QED) is 0.474. The predicted octanol–water partition coefficient (Wildman–Crippen LogP) is 3.17. The first-order chi connectivity index (χ1) is 8.78. The molecule has 0 heterocycles. The molecule has 0 saturated heterocycles. The zero-order valence-corrected chi connectivity index (χ0v) is 13.7. The van der Waals surface area contributed by atoms with Crippen molar-refractivity contribution < 1.29 is 4.79 Å². The minimum atomic E-state index is 0.102. The van der Waals surface area contributed by atoms with Crippen LogP contribution >= 0.6 is 0 Å². The Morgan fingerprint density at radius 3 is 2.32 bits per heavy atom. The summed E-state index contributed by atoms with van der Waals surface area (Å²) in [5.74, 6) is 0.102. The first kappa shape index (κ1) is 18.2. The SMILES string of the molecule is CCCCCC(C)(C)CN(C)C(=O)/C=C/CN(C)C. The van der Waals surface area contributed by atoms with Crippen LogP contribution in [0.4, 0.5) is 0 Å². The zero-order valence-electron chi connectivity index (χ0n) is 13.7. The third-order valence-electron chi connectivity index (χ3n) is 3.23. The van der Waals surface area contributed by atoms with Gasteiger partial charge in [0.25, 0.3) is 0 Å². The molecule has 0 bridgehead atoms. The van der Waals surface area contributed by atoms with Crippen LogP contribution in [0.1, 0.15) is 46.5 Å². The van der Waals surface area contributed by atoms with Gasteiger partial charge in [0.2, 0.25) is 5.91 Å². The van der Waals surface area contributed by atoms with Crippen molar-refractivity contribution >= 4 is 5.91 Å². The van der Waals surface area contributed by atoms with Crippen LogP contribution in [0, 0.1) is 5.41 Å². The largest absolute Gasteiger partial charge is 0.342 e. The molecule has 0 rings (SSSR count). The van der Waals surface area contributed by atoms with Gasteiger partial charge in [-0.2, -0.15) is 0 Å². The topological polar surface area (TPSA) is 23.6 Å². The number of likely N-dealkylation sites (N-methyl/N-ethyl adjacent to an activating group) is 2. The van der Waals surface area contributed by atoms with E-state index in [1.54, 1.807) is 6.08 Å². The lowest BCUT2D eigenvalue weighted by atomic mass is 9.86. The molecule has 0 fully saturated rings. The third-order valence-corrected chi connectivity index (χ3v) is 3.23. The molecular formula is C16H32N2O. The van der Waals surface area contributed by atoms with Gasteiger partial charge in [-0.25, -0.2) is 0 Å². The Hall–Kier alpha value is -0.830. The van der Waals surface area contributed by atoms with Gasteiger partial charge in [-0.15, -0.1) is 0 Å². The normalized spacial score (nSPS) is 12.4. The molecule has 0 aliphatic heterocycles. The van der Waals surface area contributed by atoms with Gasteiger partial charge in [-0.3, -0.25) is 4.79 Å². The molecular weight excluding hydrogens is 236 g/mol. The van der Waals surface area contributed by atoms with E-state index in [4.69, 9.17) is 0 Å². The maximum atomic E-state index is 12.0. The lowest BCUT2D eigenvalue weighted by Gasteiger charge is -2.30. The fraction of sp³-hybridized carbons (Fsp3) is 0.812. The van der Waals surface area contributed by atoms with Crippen LogP contribution in [0.3, 0.4) is 0 Å². The Morgan fingerprint density at radius 1 is 1.16 bits per heavy atom. The van der Waals surface area contributed by atoms with Gasteiger partial charge in [0, 0.05) is 26.2 Å². The first-order valence-electron chi connectivity index (χ1n) is 7.35. The molecule has 112 valence electrons. The lowest BCUT2D eigenvalue weighted by molar-refractivity contribution is -0.126. The molecule has 19 heavy (non-hydrogen) atoms. The summed E-state index contributed by atoms with van der Waals surface area (Å²) in [6, 6.07) is 0. The number of hydrogen-bond acceptors (Lipinski definition) is 2. The molecule has 3 nitrogen and oxygen atoms in total. The van der Waals surface area contributed by atoms with Crippen molar-refractivity contribution in [3.8, 4) is 0 Å². The molecule has 0 N–H and O–H groups in total. The molecule has 0 atom stereocenters. The number of amides is 1. The smallest absolute Gasteiger partial charge is 0.246 e. The highest BCUT2D eigenvalue weighted by Gasteiger charge is 2.21. The van der Waals surface area contributed by atoms with E-state index in [1.165, 1.54) is 25.7 Å². The van der Waals surface area contributed by atoms with E-state index in [9.17, 15) is 4.79 Å². The maximum Gasteiger partial charge on any atom is 0.246 e. The predicted molar refractivity (Wildman–Crippen MR) is 83.3 cm³/mol. The summed E-state index contributed by atoms with van der Waals surface area (Å²) in [4.78, 5) is 15.8. The second kappa shape index (κ2) is 9.13. The molecule has 0 saturated carbocycles. The summed E-state index contributed by atoms with van der Waals surface area (Å²) < 4.78 is 0. The summed E-state index contributed by atoms with van der Waals surface area (Å²) in [6.07, 6.45) is 8.56. The van der Waals surface area contributed by atoms with E-state index >= 15 is 0 Å². The van der Waals surface area contributed by atoms with Crippen LogP contribution < -0.4 is 0 Å². The number of nitrogens with zero attached hydrogens (tertiary/aromatic N) is 2. The molecule has 0 aromatic rings. The van der Waals surface area contributed by atoms with Gasteiger partial charge in [0.05, 0.1) is 0 Å². The van der Waals surface area contributed by atoms with E-state index in [2.05, 4.69) is 20.8 Å². The molecule has 1 amide bonds. The lowest BCUT2D eigenvalue weighted by Crippen LogP contribution is -2.35. The molecule has 0 aliphatic rings. The van der Waals surface area contributed by atoms with Crippen molar-refractivity contribution in [1.82, 2.24) is 9.80 Å². The Balaban J connectivity index is 4.15. The van der Waals surface area contributed by atoms with E-state index in [1.807, 2.05) is 37.0 Å². The number of hydrogen-bond donors (Lipinski definition) is 0. The average molecular weight is 268 g/mol. The van der Waals surface area contributed by atoms with Crippen molar-refractivity contribution in [3.63, 3.8) is 0 Å². The van der Waals surface area contributed by atoms with Crippen LogP contribution in [0.2, 0.25) is 0 Å². The molecule has 3 heteroatoms. The van der Waals surface area contributed by atoms with E-state index < -0.39 is 0 Å². The van der Waals surface area contributed by atoms with Crippen LogP contribution in [0.5, 0.6) is 0 Å². The minimum Gasteiger partial charge on any atom is -0.342 e. The Kier molecular flexibility index (Phi) is 8.73. The van der Waals surface area contributed by atoms with E-state index in [0.717, 1.165) is 13.1 Å². The highest BCUT2D eigenvalue weighted by atomic mass is 16.2. The van der Waals surface area contributed by atoms with Crippen molar-refractivity contribution in [2.24, 2.45) is 5.41 Å². The fourth-order valence-electron chi connectivity index (χ4n) is 2.14. The Labute approximate surface area is 119 Å². The molecule has 0 aromatic carbocycles. The number of rotatable bonds is 9. The van der Waals surface area contributed by atoms with Crippen molar-refractivity contribution in [3.05, 3.63) is 12.2 Å². The first-order valence-corrected chi connectivity index (χ1v) is 7.35. The fourth-order valence-corrected chi connectivity index (χ4v) is 2.14. The van der Waals surface area contributed by atoms with Crippen LogP contribution in [0.25, 0.3) is 0 Å². The summed E-state index contributed by atoms with van der Waals surface area (Å²) in [6.45, 7) is 8.34. The number of carbonyl (C=O) groups is 1. The summed E-state index contributed by atoms with van der Waals surface area (Å²) in [7, 11) is 5.88. The molecule has 0 spiro atoms. The third kappa shape index (κ3) is 9.71. The average Bonchev–Trinajstić information content (AvgIpc) is 2.27. The van der Waals surface area contributed by atoms with Crippen molar-refractivity contribution in [2.75, 3.05) is 34.2 Å². The Morgan fingerprint density at radius 2 is 1.79 bits per heavy atom. The van der Waals surface area contributed by atoms with Crippen LogP contribution in [-0.4, -0.2) is 49.9 Å². The monoisotopic (exact) mass is 268 g/mol. The van der Waals surface area contributed by atoms with E-state index in [0.29, 0.717) is 0 Å². The van der Waals surface area contributed by atoms with Gasteiger partial charge in [0.15, 0.2) is 0 Å². The number of carbonyl (C=O) groups excluding carboxylic acids is 1. The van der Waals surface area contributed by atoms with Crippen LogP contribution in [0.15, 0.2) is 12.2 Å². The second-order valence-electron chi connectivity index (χ2n) is 6.48. The van der Waals surface area contributed by atoms with Gasteiger partial charge in [0.1, 0.15) is 0 Å². The molecule has 0 radical (unpaired) electrons. The number of unbranched alkanes of at least 4 members (excludes halogenated alkanes) is 2. The highest BCUT2D eigenvalue weighted by Crippen LogP contribution is 2.24. The summed E-state index contributed by atoms with van der Waals surface area (Å²) >= 11 is 0. The Bertz CT molecular complexity index is 282. The highest BCUT2D eigenvalue weighted by molar-refractivity contribution is 5.87. The maximum absolute atomic E-state index is 12.0. The van der Waals surface area contributed by atoms with Crippen LogP contribution in [-0.2, 0) is 4.79 Å². The van der Waals surface area contributed by atoms with Crippen molar-refractivity contribution in [2.45, 2.75) is 46.5 Å². The molecule has 0 aromatic heterocycles. The standard InChI is InChI=1S/C16H32N2O/c1-7-8-9-12-16(2,3)14-18(6)15(19)11-10-13-17(4)5/h10-11H,7-9,12-14H2,1-6H3/b11-10+. The summed E-state index contributed by atoms with van der Waals surface area (Å²) in [5, 5.41) is 0. The molecule has 0 aliphatic carbocycles. The summed E-state index contributed by atoms with van der Waals surface area (Å²) in [5.41, 5.74) is 0.203. The van der Waals surface area contributed by atoms with Crippen molar-refractivity contribution in [1.29, 1.82) is 0 Å². The molecule has 0 unspecified atom stereocenters. The van der Waals surface area contributed by atoms with Gasteiger partial charge in [-0.05, 0) is 25.9 Å². The zero-order chi connectivity index (χ0) is 14.9. The second-order valence-corrected chi connectivity index (χ2v) is 6.48. The minimum absolute atomic E-state index is 0.102. The van der Waals surface area contributed by atoms with Gasteiger partial charge in [-0.1, -0.05) is 46.1 Å². The van der Waals surface area contributed by atoms with Gasteiger partial charge >= 0.3 is 0 Å². The van der Waals surface area contributed by atoms with Gasteiger partial charge < -0.3 is 9.80 Å². The van der Waals surface area contributed by atoms with E-state index in [-0.39, 0.29) is 11.3 Å².